The predicted octanol–water partition coefficient (Wildman–Crippen LogP) is 3.23. The fourth-order valence-electron chi connectivity index (χ4n) is 1.54. The Kier molecular flexibility index (Phi) is 3.47. The molecule has 0 saturated heterocycles. The topological polar surface area (TPSA) is 12.4 Å². The highest BCUT2D eigenvalue weighted by molar-refractivity contribution is 5.99. The van der Waals surface area contributed by atoms with Crippen LogP contribution in [-0.2, 0) is 0 Å². The molecule has 0 amide bonds. The van der Waals surface area contributed by atoms with Gasteiger partial charge < -0.3 is 0 Å². The van der Waals surface area contributed by atoms with Crippen LogP contribution in [0.15, 0.2) is 29.3 Å². The van der Waals surface area contributed by atoms with E-state index in [0.29, 0.717) is 17.9 Å². The van der Waals surface area contributed by atoms with E-state index in [1.165, 1.54) is 5.71 Å². The van der Waals surface area contributed by atoms with Gasteiger partial charge in [-0.25, -0.2) is 0 Å². The Morgan fingerprint density at radius 2 is 1.85 bits per heavy atom. The van der Waals surface area contributed by atoms with Crippen molar-refractivity contribution < 1.29 is 0 Å². The van der Waals surface area contributed by atoms with Gasteiger partial charge in [-0.2, -0.15) is 0 Å². The van der Waals surface area contributed by atoms with Crippen LogP contribution in [0.2, 0.25) is 0 Å². The van der Waals surface area contributed by atoms with Crippen LogP contribution in [-0.4, -0.2) is 11.8 Å². The Balaban J connectivity index is 2.82. The predicted molar refractivity (Wildman–Crippen MR) is 59.2 cm³/mol. The van der Waals surface area contributed by atoms with E-state index < -0.39 is 0 Å². The van der Waals surface area contributed by atoms with Gasteiger partial charge in [-0.1, -0.05) is 32.1 Å². The molecule has 72 valence electrons. The van der Waals surface area contributed by atoms with Gasteiger partial charge in [0.05, 0.1) is 0 Å². The fraction of sp³-hybridized carbons (Fsp3) is 0.583. The van der Waals surface area contributed by atoms with Crippen molar-refractivity contribution in [2.75, 3.05) is 0 Å². The number of rotatable bonds is 2. The van der Waals surface area contributed by atoms with Gasteiger partial charge in [-0.3, -0.25) is 4.99 Å². The van der Waals surface area contributed by atoms with Crippen LogP contribution in [0.4, 0.5) is 0 Å². The van der Waals surface area contributed by atoms with Crippen molar-refractivity contribution in [1.29, 1.82) is 0 Å². The van der Waals surface area contributed by atoms with Crippen LogP contribution in [0.3, 0.4) is 0 Å². The first-order valence-electron chi connectivity index (χ1n) is 5.04. The molecule has 0 fully saturated rings. The van der Waals surface area contributed by atoms with E-state index in [-0.39, 0.29) is 0 Å². The van der Waals surface area contributed by atoms with Crippen LogP contribution < -0.4 is 0 Å². The Morgan fingerprint density at radius 3 is 2.38 bits per heavy atom. The third-order valence-corrected chi connectivity index (χ3v) is 2.16. The first-order chi connectivity index (χ1) is 6.11. The lowest BCUT2D eigenvalue weighted by molar-refractivity contribution is 0.573. The van der Waals surface area contributed by atoms with Crippen molar-refractivity contribution in [3.8, 4) is 0 Å². The van der Waals surface area contributed by atoms with Gasteiger partial charge in [-0.05, 0) is 25.8 Å². The number of nitrogens with zero attached hydrogens (tertiary/aromatic N) is 1. The van der Waals surface area contributed by atoms with Crippen LogP contribution in [0.5, 0.6) is 0 Å². The zero-order chi connectivity index (χ0) is 9.84. The summed E-state index contributed by atoms with van der Waals surface area (Å²) in [5.74, 6) is 1.14. The third kappa shape index (κ3) is 2.83. The molecular formula is C12H19N. The number of hydrogen-bond acceptors (Lipinski definition) is 1. The van der Waals surface area contributed by atoms with E-state index >= 15 is 0 Å². The van der Waals surface area contributed by atoms with Gasteiger partial charge in [0.1, 0.15) is 0 Å². The highest BCUT2D eigenvalue weighted by Gasteiger charge is 2.16. The summed E-state index contributed by atoms with van der Waals surface area (Å²) in [6, 6.07) is 0.396. The monoisotopic (exact) mass is 177 g/mol. The van der Waals surface area contributed by atoms with Crippen molar-refractivity contribution in [1.82, 2.24) is 0 Å². The molecule has 1 heteroatoms. The summed E-state index contributed by atoms with van der Waals surface area (Å²) in [6.45, 7) is 8.72. The molecule has 0 aromatic carbocycles. The SMILES string of the molecule is CC(C)/N=C1\C=CC=CC1C(C)C. The van der Waals surface area contributed by atoms with Gasteiger partial charge in [0.15, 0.2) is 0 Å². The van der Waals surface area contributed by atoms with Gasteiger partial charge in [-0.15, -0.1) is 0 Å². The Hall–Kier alpha value is -0.850. The van der Waals surface area contributed by atoms with Crippen LogP contribution in [0, 0.1) is 11.8 Å². The molecule has 1 unspecified atom stereocenters. The van der Waals surface area contributed by atoms with Crippen molar-refractivity contribution in [3.63, 3.8) is 0 Å². The second-order valence-electron chi connectivity index (χ2n) is 4.16. The van der Waals surface area contributed by atoms with Gasteiger partial charge in [0.25, 0.3) is 0 Å². The average Bonchev–Trinajstić information content (AvgIpc) is 2.03. The Morgan fingerprint density at radius 1 is 1.15 bits per heavy atom. The molecule has 0 heterocycles. The molecule has 0 radical (unpaired) electrons. The quantitative estimate of drug-likeness (QED) is 0.614. The van der Waals surface area contributed by atoms with Crippen molar-refractivity contribution in [3.05, 3.63) is 24.3 Å². The summed E-state index contributed by atoms with van der Waals surface area (Å²) >= 11 is 0. The van der Waals surface area contributed by atoms with E-state index in [2.05, 4.69) is 57.0 Å². The molecule has 1 rings (SSSR count). The van der Waals surface area contributed by atoms with Gasteiger partial charge in [0, 0.05) is 17.7 Å². The Labute approximate surface area is 81.3 Å². The second kappa shape index (κ2) is 4.40. The summed E-state index contributed by atoms with van der Waals surface area (Å²) in [5, 5.41) is 0. The van der Waals surface area contributed by atoms with Gasteiger partial charge >= 0.3 is 0 Å². The first kappa shape index (κ1) is 10.2. The second-order valence-corrected chi connectivity index (χ2v) is 4.16. The zero-order valence-electron chi connectivity index (χ0n) is 8.99. The molecule has 1 aliphatic carbocycles. The van der Waals surface area contributed by atoms with Crippen molar-refractivity contribution in [2.45, 2.75) is 33.7 Å². The molecular weight excluding hydrogens is 158 g/mol. The number of allylic oxidation sites excluding steroid dienone is 4. The lowest BCUT2D eigenvalue weighted by Crippen LogP contribution is -2.19. The van der Waals surface area contributed by atoms with Crippen molar-refractivity contribution in [2.24, 2.45) is 16.8 Å². The molecule has 0 aromatic heterocycles. The average molecular weight is 177 g/mol. The molecule has 0 spiro atoms. The maximum Gasteiger partial charge on any atom is 0.0446 e. The summed E-state index contributed by atoms with van der Waals surface area (Å²) < 4.78 is 0. The lowest BCUT2D eigenvalue weighted by atomic mass is 9.88. The van der Waals surface area contributed by atoms with E-state index in [4.69, 9.17) is 0 Å². The standard InChI is InChI=1S/C12H19N/c1-9(2)11-7-5-6-8-12(11)13-10(3)4/h5-11H,1-4H3/b13-12+. The van der Waals surface area contributed by atoms with Gasteiger partial charge in [0.2, 0.25) is 0 Å². The molecule has 0 aliphatic heterocycles. The summed E-state index contributed by atoms with van der Waals surface area (Å²) in [6.07, 6.45) is 8.56. The van der Waals surface area contributed by atoms with E-state index in [1.54, 1.807) is 0 Å². The highest BCUT2D eigenvalue weighted by atomic mass is 14.8. The number of aliphatic imine (C=N–C) groups is 1. The normalized spacial score (nSPS) is 25.1. The minimum Gasteiger partial charge on any atom is -0.286 e. The molecule has 1 atom stereocenters. The summed E-state index contributed by atoms with van der Waals surface area (Å²) in [4.78, 5) is 4.62. The minimum atomic E-state index is 0.396. The van der Waals surface area contributed by atoms with Crippen molar-refractivity contribution >= 4 is 5.71 Å². The summed E-state index contributed by atoms with van der Waals surface area (Å²) in [5.41, 5.74) is 1.23. The number of hydrogen-bond donors (Lipinski definition) is 0. The molecule has 0 saturated carbocycles. The first-order valence-corrected chi connectivity index (χ1v) is 5.04. The Bertz CT molecular complexity index is 244. The molecule has 0 aromatic rings. The van der Waals surface area contributed by atoms with Crippen LogP contribution >= 0.6 is 0 Å². The highest BCUT2D eigenvalue weighted by Crippen LogP contribution is 2.19. The molecule has 0 N–H and O–H groups in total. The largest absolute Gasteiger partial charge is 0.286 e. The molecule has 1 aliphatic rings. The fourth-order valence-corrected chi connectivity index (χ4v) is 1.54. The molecule has 0 bridgehead atoms. The van der Waals surface area contributed by atoms with E-state index in [0.717, 1.165) is 0 Å². The molecule has 1 nitrogen and oxygen atoms in total. The minimum absolute atomic E-state index is 0.396. The van der Waals surface area contributed by atoms with Crippen LogP contribution in [0.25, 0.3) is 0 Å². The summed E-state index contributed by atoms with van der Waals surface area (Å²) in [7, 11) is 0. The maximum atomic E-state index is 4.62. The lowest BCUT2D eigenvalue weighted by Gasteiger charge is -2.20. The smallest absolute Gasteiger partial charge is 0.0446 e. The zero-order valence-corrected chi connectivity index (χ0v) is 8.99. The van der Waals surface area contributed by atoms with E-state index in [1.807, 2.05) is 0 Å². The van der Waals surface area contributed by atoms with E-state index in [9.17, 15) is 0 Å². The third-order valence-electron chi connectivity index (χ3n) is 2.16. The van der Waals surface area contributed by atoms with Crippen LogP contribution in [0.1, 0.15) is 27.7 Å². The maximum absolute atomic E-state index is 4.62. The molecule has 13 heavy (non-hydrogen) atoms.